The van der Waals surface area contributed by atoms with Crippen LogP contribution >= 0.6 is 0 Å². The van der Waals surface area contributed by atoms with Gasteiger partial charge in [-0.25, -0.2) is 0 Å². The van der Waals surface area contributed by atoms with Crippen LogP contribution in [0.3, 0.4) is 0 Å². The van der Waals surface area contributed by atoms with Gasteiger partial charge < -0.3 is 175 Å². The number of rotatable bonds is 53. The van der Waals surface area contributed by atoms with Gasteiger partial charge in [0.1, 0.15) is 0 Å². The van der Waals surface area contributed by atoms with E-state index in [2.05, 4.69) is 18.6 Å². The third-order valence-corrected chi connectivity index (χ3v) is 11.9. The van der Waals surface area contributed by atoms with Crippen molar-refractivity contribution in [2.45, 2.75) is 236 Å². The van der Waals surface area contributed by atoms with E-state index in [1.54, 1.807) is 42.7 Å². The molecule has 28 N–H and O–H groups in total. The molecule has 0 bridgehead atoms. The fraction of sp³-hybridized carbons (Fsp3) is 1.00. The summed E-state index contributed by atoms with van der Waals surface area (Å²) < 4.78 is 101. The molecule has 34 heteroatoms. The maximum Gasteiger partial charge on any atom is 0.169 e. The molecule has 0 spiro atoms. The van der Waals surface area contributed by atoms with Crippen molar-refractivity contribution in [3.8, 4) is 0 Å². The van der Waals surface area contributed by atoms with Crippen LogP contribution in [0.4, 0.5) is 0 Å². The number of methoxy groups -OCH3 is 6. The van der Waals surface area contributed by atoms with Crippen molar-refractivity contribution in [1.29, 1.82) is 0 Å². The zero-order chi connectivity index (χ0) is 85.8. The van der Waals surface area contributed by atoms with Gasteiger partial charge in [0.05, 0.1) is 58.0 Å². The predicted molar refractivity (Wildman–Crippen MR) is 449 cm³/mol. The van der Waals surface area contributed by atoms with Crippen molar-refractivity contribution in [2.75, 3.05) is 260 Å². The lowest BCUT2D eigenvalue weighted by Crippen LogP contribution is -2.26. The molecule has 1 unspecified atom stereocenters. The van der Waals surface area contributed by atoms with Gasteiger partial charge in [-0.05, 0) is 206 Å². The van der Waals surface area contributed by atoms with Gasteiger partial charge in [0.15, 0.2) is 37.2 Å². The number of nitrogens with two attached hydrogens (primary N) is 14. The van der Waals surface area contributed by atoms with Gasteiger partial charge in [-0.2, -0.15) is 0 Å². The average molecular weight is 1610 g/mol. The van der Waals surface area contributed by atoms with E-state index in [0.717, 1.165) is 176 Å². The van der Waals surface area contributed by atoms with Crippen LogP contribution in [0.1, 0.15) is 180 Å². The molecule has 2 heterocycles. The van der Waals surface area contributed by atoms with E-state index in [1.165, 1.54) is 12.8 Å². The molecule has 0 aromatic rings. The molecule has 2 fully saturated rings. The second-order valence-electron chi connectivity index (χ2n) is 23.1. The van der Waals surface area contributed by atoms with Crippen LogP contribution in [0.5, 0.6) is 0 Å². The molecule has 2 saturated heterocycles. The molecular weight excluding hydrogens is 1420 g/mol. The van der Waals surface area contributed by atoms with E-state index in [0.29, 0.717) is 124 Å². The summed E-state index contributed by atoms with van der Waals surface area (Å²) in [6.45, 7) is 51.0. The van der Waals surface area contributed by atoms with Gasteiger partial charge in [0.25, 0.3) is 0 Å². The Morgan fingerprint density at radius 1 is 0.339 bits per heavy atom. The number of ether oxygens (including phenoxy) is 20. The second-order valence-corrected chi connectivity index (χ2v) is 23.1. The van der Waals surface area contributed by atoms with Crippen LogP contribution in [0.15, 0.2) is 0 Å². The van der Waals surface area contributed by atoms with Crippen LogP contribution in [-0.2, 0) is 94.7 Å². The van der Waals surface area contributed by atoms with E-state index >= 15 is 0 Å². The molecule has 2 aliphatic rings. The highest BCUT2D eigenvalue weighted by molar-refractivity contribution is 4.70. The standard InChI is InChI=1S/C8H19NO2.C7H17NO.C6H13NO2.2C6H15NO2.2C6H15NO.C5H11NO2.2C5H13NO.C4H11NO2.2C4H11NO.C3H9NO/c1-3-10-8(11-4-2)6-5-7-9;1-2-3-6-9-7-4-5-8;1-6(2)8-4-5(3-7)9-6;1-8-6(9-2)4-3-5-7;1-3-8-6(5-7)9-4-2;1-6(2)8-5-3-4-7;1-2-5-8-6-3-4-7;6-2-1-5-7-3-4-8-5;1-5(2)7-4-3-6;1-2-7-5-3-4-6;1-6-4(3-5)7-2;1-6-4-2-3-5;1-2-6-4-3-5;1-5-3-2-4/h8H,3-7,9H2,1-2H3;2-8H2,1H3;5H,3-4,7H2,1-2H3;2*6H,3-5,7H2,1-2H3;6H,3-5,7H2,1-2H3;2-7H2,1H3;5H,1-4,6H2;5H,3-4,6H2,1-2H3;2-6H2,1H3;4H,3,5H2,1-2H3;2*2-5H2,1H3;2-4H2,1H3. The lowest BCUT2D eigenvalue weighted by atomic mass is 10.3. The van der Waals surface area contributed by atoms with Crippen molar-refractivity contribution >= 4 is 0 Å². The Morgan fingerprint density at radius 3 is 0.972 bits per heavy atom. The first-order chi connectivity index (χ1) is 52.5. The van der Waals surface area contributed by atoms with Crippen molar-refractivity contribution in [2.24, 2.45) is 80.3 Å². The maximum atomic E-state index is 5.36. The third-order valence-electron chi connectivity index (χ3n) is 11.9. The first-order valence-electron chi connectivity index (χ1n) is 39.9. The van der Waals surface area contributed by atoms with Gasteiger partial charge in [-0.15, -0.1) is 0 Å². The lowest BCUT2D eigenvalue weighted by molar-refractivity contribution is -0.139. The Labute approximate surface area is 668 Å². The van der Waals surface area contributed by atoms with Crippen LogP contribution in [0, 0.1) is 0 Å². The molecular formula is C75H188N14O20. The summed E-state index contributed by atoms with van der Waals surface area (Å²) in [7, 11) is 9.68. The van der Waals surface area contributed by atoms with E-state index in [1.807, 2.05) is 83.1 Å². The quantitative estimate of drug-likeness (QED) is 0.0300. The highest BCUT2D eigenvalue weighted by Crippen LogP contribution is 2.21. The first kappa shape index (κ1) is 134. The van der Waals surface area contributed by atoms with Crippen LogP contribution in [0.2, 0.25) is 0 Å². The summed E-state index contributed by atoms with van der Waals surface area (Å²) in [5.41, 5.74) is 73.0. The average Bonchev–Trinajstić information content (AvgIpc) is 1.74. The molecule has 2 rings (SSSR count). The van der Waals surface area contributed by atoms with Crippen LogP contribution in [-0.4, -0.2) is 315 Å². The molecule has 34 nitrogen and oxygen atoms in total. The van der Waals surface area contributed by atoms with E-state index in [9.17, 15) is 0 Å². The van der Waals surface area contributed by atoms with Gasteiger partial charge in [-0.1, -0.05) is 20.3 Å². The number of unbranched alkanes of at least 4 members (excludes halogenated alkanes) is 1. The zero-order valence-electron chi connectivity index (χ0n) is 73.9. The summed E-state index contributed by atoms with van der Waals surface area (Å²) in [5, 5.41) is 0. The Kier molecular flexibility index (Phi) is 163. The summed E-state index contributed by atoms with van der Waals surface area (Å²) in [4.78, 5) is 0. The van der Waals surface area contributed by atoms with Crippen molar-refractivity contribution in [1.82, 2.24) is 0 Å². The summed E-state index contributed by atoms with van der Waals surface area (Å²) in [6.07, 6.45) is 13.1. The molecule has 678 valence electrons. The normalized spacial score (nSPS) is 12.8. The van der Waals surface area contributed by atoms with Crippen molar-refractivity contribution in [3.05, 3.63) is 0 Å². The lowest BCUT2D eigenvalue weighted by Gasteiger charge is -2.15. The minimum Gasteiger partial charge on any atom is -0.385 e. The van der Waals surface area contributed by atoms with E-state index < -0.39 is 5.79 Å². The monoisotopic (exact) mass is 1610 g/mol. The first-order valence-corrected chi connectivity index (χ1v) is 39.9. The predicted octanol–water partition coefficient (Wildman–Crippen LogP) is 4.15. The second kappa shape index (κ2) is 133. The minimum atomic E-state index is -0.413. The highest BCUT2D eigenvalue weighted by Gasteiger charge is 2.31. The molecule has 0 aromatic carbocycles. The van der Waals surface area contributed by atoms with Gasteiger partial charge in [0.2, 0.25) is 0 Å². The van der Waals surface area contributed by atoms with Crippen LogP contribution in [0.25, 0.3) is 0 Å². The molecule has 0 radical (unpaired) electrons. The number of hydrogen-bond donors (Lipinski definition) is 14. The largest absolute Gasteiger partial charge is 0.385 e. The summed E-state index contributed by atoms with van der Waals surface area (Å²) in [5.74, 6) is -0.413. The molecule has 0 saturated carbocycles. The number of hydrogen-bond acceptors (Lipinski definition) is 34. The SMILES string of the molecule is CC(C)OCCCN.CC(C)OCCN.CC1(C)OCC(CN)O1.CCCCOCCCN.CCCOCCCN.CCOC(CCCN)OCC.CCOC(CN)OCC.CCOCCCN.CCOCCN.COC(CCCN)OC.COC(CN)OC.COCCCN.COCCN.NCCC1OCCO1. The van der Waals surface area contributed by atoms with Gasteiger partial charge in [0, 0.05) is 174 Å². The Morgan fingerprint density at radius 2 is 0.706 bits per heavy atom. The highest BCUT2D eigenvalue weighted by atomic mass is 16.7. The topological polar surface area (TPSA) is 549 Å². The molecule has 1 atom stereocenters. The van der Waals surface area contributed by atoms with Crippen molar-refractivity contribution in [3.63, 3.8) is 0 Å². The van der Waals surface area contributed by atoms with Crippen molar-refractivity contribution < 1.29 is 94.7 Å². The van der Waals surface area contributed by atoms with Gasteiger partial charge in [-0.3, -0.25) is 0 Å². The fourth-order valence-electron chi connectivity index (χ4n) is 6.50. The smallest absolute Gasteiger partial charge is 0.169 e. The maximum absolute atomic E-state index is 5.36. The fourth-order valence-corrected chi connectivity index (χ4v) is 6.50. The van der Waals surface area contributed by atoms with E-state index in [-0.39, 0.29) is 37.6 Å². The van der Waals surface area contributed by atoms with Gasteiger partial charge >= 0.3 is 0 Å². The molecule has 109 heavy (non-hydrogen) atoms. The summed E-state index contributed by atoms with van der Waals surface area (Å²) >= 11 is 0. The minimum absolute atomic E-state index is 0.0139. The molecule has 0 aliphatic carbocycles. The van der Waals surface area contributed by atoms with Crippen LogP contribution < -0.4 is 80.3 Å². The summed E-state index contributed by atoms with van der Waals surface area (Å²) in [6, 6.07) is 0. The Balaban J connectivity index is -0.0000000933. The third kappa shape index (κ3) is 159. The van der Waals surface area contributed by atoms with E-state index in [4.69, 9.17) is 170 Å². The molecule has 0 amide bonds. The molecule has 2 aliphatic heterocycles. The zero-order valence-corrected chi connectivity index (χ0v) is 73.9. The Bertz CT molecular complexity index is 1320. The molecule has 0 aromatic heterocycles. The Hall–Kier alpha value is -1.36.